The van der Waals surface area contributed by atoms with Gasteiger partial charge in [0.1, 0.15) is 0 Å². The number of nitrogens with zero attached hydrogens (tertiary/aromatic N) is 1. The number of benzene rings is 1. The fourth-order valence-electron chi connectivity index (χ4n) is 2.50. The van der Waals surface area contributed by atoms with Crippen molar-refractivity contribution >= 4 is 17.6 Å². The Hall–Kier alpha value is -2.48. The molecule has 1 aromatic carbocycles. The lowest BCUT2D eigenvalue weighted by Gasteiger charge is -2.19. The van der Waals surface area contributed by atoms with Crippen LogP contribution in [0.3, 0.4) is 0 Å². The van der Waals surface area contributed by atoms with Crippen molar-refractivity contribution in [3.63, 3.8) is 0 Å². The minimum Gasteiger partial charge on any atom is -0.478 e. The Morgan fingerprint density at radius 2 is 2.04 bits per heavy atom. The summed E-state index contributed by atoms with van der Waals surface area (Å²) in [4.78, 5) is 33.3. The molecule has 1 fully saturated rings. The molecule has 0 spiro atoms. The number of nitro benzene ring substituents is 1. The Kier molecular flexibility index (Phi) is 4.65. The molecular formula is C15H18N2O6. The van der Waals surface area contributed by atoms with E-state index in [0.717, 1.165) is 31.0 Å². The highest BCUT2D eigenvalue weighted by Crippen LogP contribution is 2.28. The van der Waals surface area contributed by atoms with Crippen LogP contribution in [0.4, 0.5) is 5.69 Å². The van der Waals surface area contributed by atoms with Gasteiger partial charge in [0.05, 0.1) is 22.2 Å². The Morgan fingerprint density at radius 1 is 1.39 bits per heavy atom. The summed E-state index contributed by atoms with van der Waals surface area (Å²) >= 11 is 0. The number of nitrogens with one attached hydrogen (secondary N) is 1. The topological polar surface area (TPSA) is 119 Å². The largest absolute Gasteiger partial charge is 0.478 e. The van der Waals surface area contributed by atoms with Gasteiger partial charge in [-0.15, -0.1) is 0 Å². The van der Waals surface area contributed by atoms with Gasteiger partial charge in [-0.25, -0.2) is 4.79 Å². The molecule has 1 aliphatic rings. The number of carbonyl (C=O) groups is 2. The monoisotopic (exact) mass is 322 g/mol. The first-order valence-corrected chi connectivity index (χ1v) is 7.17. The van der Waals surface area contributed by atoms with E-state index in [1.807, 2.05) is 13.8 Å². The smallest absolute Gasteiger partial charge is 0.335 e. The van der Waals surface area contributed by atoms with Crippen molar-refractivity contribution in [2.45, 2.75) is 38.4 Å². The number of hydrogen-bond acceptors (Lipinski definition) is 5. The van der Waals surface area contributed by atoms with E-state index in [2.05, 4.69) is 5.32 Å². The van der Waals surface area contributed by atoms with Gasteiger partial charge in [-0.05, 0) is 32.8 Å². The second-order valence-corrected chi connectivity index (χ2v) is 6.08. The molecule has 0 saturated carbocycles. The van der Waals surface area contributed by atoms with E-state index in [1.165, 1.54) is 0 Å². The minimum atomic E-state index is -1.33. The maximum absolute atomic E-state index is 12.1. The molecule has 0 radical (unpaired) electrons. The first-order valence-electron chi connectivity index (χ1n) is 7.17. The van der Waals surface area contributed by atoms with Crippen LogP contribution in [0.25, 0.3) is 0 Å². The first-order chi connectivity index (χ1) is 10.7. The fraction of sp³-hybridized carbons (Fsp3) is 0.467. The van der Waals surface area contributed by atoms with Crippen molar-refractivity contribution < 1.29 is 24.4 Å². The first kappa shape index (κ1) is 16.9. The summed E-state index contributed by atoms with van der Waals surface area (Å²) in [7, 11) is 0. The summed E-state index contributed by atoms with van der Waals surface area (Å²) in [6, 6.07) is 3.09. The molecule has 1 saturated heterocycles. The van der Waals surface area contributed by atoms with Gasteiger partial charge in [0.15, 0.2) is 0 Å². The molecule has 0 bridgehead atoms. The van der Waals surface area contributed by atoms with Gasteiger partial charge in [0, 0.05) is 24.2 Å². The van der Waals surface area contributed by atoms with Crippen LogP contribution in [0.2, 0.25) is 0 Å². The summed E-state index contributed by atoms with van der Waals surface area (Å²) in [5.41, 5.74) is -1.03. The van der Waals surface area contributed by atoms with E-state index >= 15 is 0 Å². The average Bonchev–Trinajstić information content (AvgIpc) is 2.83. The van der Waals surface area contributed by atoms with Crippen LogP contribution in [0.5, 0.6) is 0 Å². The molecule has 1 unspecified atom stereocenters. The van der Waals surface area contributed by atoms with Crippen LogP contribution in [0.1, 0.15) is 47.4 Å². The third kappa shape index (κ3) is 4.26. The molecule has 1 aromatic rings. The van der Waals surface area contributed by atoms with Crippen LogP contribution in [0, 0.1) is 10.1 Å². The lowest BCUT2D eigenvalue weighted by Crippen LogP contribution is -2.33. The van der Waals surface area contributed by atoms with Crippen molar-refractivity contribution in [3.05, 3.63) is 39.4 Å². The molecule has 23 heavy (non-hydrogen) atoms. The molecule has 1 atom stereocenters. The van der Waals surface area contributed by atoms with Crippen molar-refractivity contribution in [1.82, 2.24) is 5.32 Å². The van der Waals surface area contributed by atoms with E-state index < -0.39 is 22.5 Å². The number of ether oxygens (including phenoxy) is 1. The van der Waals surface area contributed by atoms with Crippen molar-refractivity contribution in [3.8, 4) is 0 Å². The van der Waals surface area contributed by atoms with E-state index in [9.17, 15) is 19.7 Å². The van der Waals surface area contributed by atoms with E-state index in [-0.39, 0.29) is 29.4 Å². The Balaban J connectivity index is 2.09. The molecule has 0 aromatic heterocycles. The van der Waals surface area contributed by atoms with Crippen LogP contribution in [-0.2, 0) is 4.74 Å². The highest BCUT2D eigenvalue weighted by atomic mass is 16.6. The molecule has 1 heterocycles. The quantitative estimate of drug-likeness (QED) is 0.632. The van der Waals surface area contributed by atoms with Crippen molar-refractivity contribution in [2.24, 2.45) is 0 Å². The minimum absolute atomic E-state index is 0.0612. The molecule has 8 nitrogen and oxygen atoms in total. The molecule has 1 aliphatic heterocycles. The van der Waals surface area contributed by atoms with Gasteiger partial charge in [0.2, 0.25) is 0 Å². The lowest BCUT2D eigenvalue weighted by atomic mass is 10.1. The van der Waals surface area contributed by atoms with Crippen LogP contribution in [0.15, 0.2) is 18.2 Å². The maximum Gasteiger partial charge on any atom is 0.335 e. The zero-order valence-electron chi connectivity index (χ0n) is 12.9. The second kappa shape index (κ2) is 6.33. The lowest BCUT2D eigenvalue weighted by molar-refractivity contribution is -0.384. The van der Waals surface area contributed by atoms with Gasteiger partial charge in [-0.3, -0.25) is 14.9 Å². The van der Waals surface area contributed by atoms with Gasteiger partial charge >= 0.3 is 5.97 Å². The van der Waals surface area contributed by atoms with Crippen LogP contribution >= 0.6 is 0 Å². The second-order valence-electron chi connectivity index (χ2n) is 6.08. The molecule has 2 N–H and O–H groups in total. The number of nitro groups is 1. The molecule has 0 aliphatic carbocycles. The molecular weight excluding hydrogens is 304 g/mol. The normalized spacial score (nSPS) is 19.3. The third-order valence-electron chi connectivity index (χ3n) is 3.68. The van der Waals surface area contributed by atoms with Crippen LogP contribution in [-0.4, -0.2) is 40.2 Å². The highest BCUT2D eigenvalue weighted by Gasteiger charge is 2.31. The number of non-ortho nitro benzene ring substituents is 1. The predicted molar refractivity (Wildman–Crippen MR) is 80.6 cm³/mol. The van der Waals surface area contributed by atoms with E-state index in [0.29, 0.717) is 0 Å². The molecule has 8 heteroatoms. The number of carboxylic acids is 1. The van der Waals surface area contributed by atoms with Gasteiger partial charge < -0.3 is 15.2 Å². The van der Waals surface area contributed by atoms with Crippen LogP contribution < -0.4 is 5.32 Å². The fourth-order valence-corrected chi connectivity index (χ4v) is 2.50. The number of rotatable bonds is 5. The van der Waals surface area contributed by atoms with E-state index in [4.69, 9.17) is 9.84 Å². The number of carboxylic acid groups (broad SMARTS) is 1. The molecule has 1 amide bonds. The number of amides is 1. The highest BCUT2D eigenvalue weighted by molar-refractivity contribution is 5.98. The average molecular weight is 322 g/mol. The number of carbonyl (C=O) groups excluding carboxylic acids is 1. The Bertz CT molecular complexity index is 623. The number of hydrogen-bond donors (Lipinski definition) is 2. The zero-order chi connectivity index (χ0) is 17.2. The summed E-state index contributed by atoms with van der Waals surface area (Å²) in [6.45, 7) is 4.20. The SMILES string of the molecule is CC1(C)CCC(CNC(=O)c2cc(C(=O)O)cc([N+](=O)[O-])c2)O1. The predicted octanol–water partition coefficient (Wildman–Crippen LogP) is 1.98. The number of aromatic carboxylic acids is 1. The summed E-state index contributed by atoms with van der Waals surface area (Å²) in [5, 5.41) is 22.5. The summed E-state index contributed by atoms with van der Waals surface area (Å²) in [6.07, 6.45) is 1.57. The van der Waals surface area contributed by atoms with Gasteiger partial charge in [-0.2, -0.15) is 0 Å². The summed E-state index contributed by atoms with van der Waals surface area (Å²) < 4.78 is 5.74. The van der Waals surface area contributed by atoms with E-state index in [1.54, 1.807) is 0 Å². The third-order valence-corrected chi connectivity index (χ3v) is 3.68. The zero-order valence-corrected chi connectivity index (χ0v) is 12.9. The van der Waals surface area contributed by atoms with Gasteiger partial charge in [0.25, 0.3) is 11.6 Å². The Labute approximate surface area is 132 Å². The Morgan fingerprint density at radius 3 is 2.57 bits per heavy atom. The van der Waals surface area contributed by atoms with Gasteiger partial charge in [-0.1, -0.05) is 0 Å². The maximum atomic E-state index is 12.1. The standard InChI is InChI=1S/C15H18N2O6/c1-15(2)4-3-12(23-15)8-16-13(18)9-5-10(14(19)20)7-11(6-9)17(21)22/h5-7,12H,3-4,8H2,1-2H3,(H,16,18)(H,19,20). The molecule has 124 valence electrons. The molecule has 2 rings (SSSR count). The van der Waals surface area contributed by atoms with Crippen molar-refractivity contribution in [2.75, 3.05) is 6.54 Å². The van der Waals surface area contributed by atoms with Crippen molar-refractivity contribution in [1.29, 1.82) is 0 Å². The summed E-state index contributed by atoms with van der Waals surface area (Å²) in [5.74, 6) is -1.90.